The first-order valence-electron chi connectivity index (χ1n) is 8.02. The quantitative estimate of drug-likeness (QED) is 0.439. The maximum absolute atomic E-state index is 12.3. The van der Waals surface area contributed by atoms with E-state index in [9.17, 15) is 14.9 Å². The van der Waals surface area contributed by atoms with Gasteiger partial charge in [0.05, 0.1) is 10.7 Å². The summed E-state index contributed by atoms with van der Waals surface area (Å²) in [5, 5.41) is 10.8. The lowest BCUT2D eigenvalue weighted by molar-refractivity contribution is -0.384. The second-order valence-electron chi connectivity index (χ2n) is 5.77. The standard InChI is InChI=1S/C18H18N2O5S/c1-19(11-13-3-2-4-14(9-13)20(22)23)18(21)12-26-15-5-6-16-17(10-15)25-8-7-24-16/h2-6,9-10H,7-8,11-12H2,1H3. The number of amides is 1. The lowest BCUT2D eigenvalue weighted by Crippen LogP contribution is -2.27. The van der Waals surface area contributed by atoms with Crippen LogP contribution in [0.15, 0.2) is 47.4 Å². The average Bonchev–Trinajstić information content (AvgIpc) is 2.66. The van der Waals surface area contributed by atoms with Gasteiger partial charge in [-0.2, -0.15) is 0 Å². The number of nitrogens with zero attached hydrogens (tertiary/aromatic N) is 2. The van der Waals surface area contributed by atoms with Crippen LogP contribution in [0.4, 0.5) is 5.69 Å². The molecule has 0 aromatic heterocycles. The van der Waals surface area contributed by atoms with Crippen LogP contribution in [0.1, 0.15) is 5.56 Å². The molecule has 0 bridgehead atoms. The van der Waals surface area contributed by atoms with Crippen LogP contribution in [-0.2, 0) is 11.3 Å². The number of benzene rings is 2. The molecule has 3 rings (SSSR count). The van der Waals surface area contributed by atoms with Crippen LogP contribution in [0.5, 0.6) is 11.5 Å². The van der Waals surface area contributed by atoms with Crippen molar-refractivity contribution in [1.82, 2.24) is 4.90 Å². The van der Waals surface area contributed by atoms with Crippen LogP contribution in [0, 0.1) is 10.1 Å². The Morgan fingerprint density at radius 2 is 1.96 bits per heavy atom. The highest BCUT2D eigenvalue weighted by atomic mass is 32.2. The number of ether oxygens (including phenoxy) is 2. The van der Waals surface area contributed by atoms with Gasteiger partial charge < -0.3 is 14.4 Å². The van der Waals surface area contributed by atoms with Crippen molar-refractivity contribution in [2.24, 2.45) is 0 Å². The van der Waals surface area contributed by atoms with Gasteiger partial charge in [-0.15, -0.1) is 11.8 Å². The predicted molar refractivity (Wildman–Crippen MR) is 97.7 cm³/mol. The van der Waals surface area contributed by atoms with Crippen LogP contribution < -0.4 is 9.47 Å². The molecule has 0 saturated carbocycles. The van der Waals surface area contributed by atoms with Gasteiger partial charge in [0.1, 0.15) is 13.2 Å². The lowest BCUT2D eigenvalue weighted by Gasteiger charge is -2.19. The van der Waals surface area contributed by atoms with Crippen molar-refractivity contribution < 1.29 is 19.2 Å². The predicted octanol–water partition coefficient (Wildman–Crippen LogP) is 3.12. The molecule has 2 aromatic carbocycles. The fourth-order valence-corrected chi connectivity index (χ4v) is 3.36. The van der Waals surface area contributed by atoms with Gasteiger partial charge in [-0.1, -0.05) is 12.1 Å². The summed E-state index contributed by atoms with van der Waals surface area (Å²) in [7, 11) is 1.69. The zero-order chi connectivity index (χ0) is 18.5. The van der Waals surface area contributed by atoms with E-state index in [2.05, 4.69) is 0 Å². The third kappa shape index (κ3) is 4.45. The molecule has 8 heteroatoms. The van der Waals surface area contributed by atoms with Gasteiger partial charge in [0.25, 0.3) is 5.69 Å². The summed E-state index contributed by atoms with van der Waals surface area (Å²) in [5.74, 6) is 1.62. The van der Waals surface area contributed by atoms with E-state index in [1.54, 1.807) is 24.1 Å². The number of nitro groups is 1. The average molecular weight is 374 g/mol. The zero-order valence-corrected chi connectivity index (χ0v) is 15.0. The van der Waals surface area contributed by atoms with Gasteiger partial charge in [-0.05, 0) is 23.8 Å². The summed E-state index contributed by atoms with van der Waals surface area (Å²) in [6.45, 7) is 1.38. The summed E-state index contributed by atoms with van der Waals surface area (Å²) in [6, 6.07) is 11.9. The van der Waals surface area contributed by atoms with Crippen molar-refractivity contribution >= 4 is 23.4 Å². The molecule has 7 nitrogen and oxygen atoms in total. The molecule has 0 fully saturated rings. The fourth-order valence-electron chi connectivity index (χ4n) is 2.50. The number of hydrogen-bond donors (Lipinski definition) is 0. The van der Waals surface area contributed by atoms with E-state index >= 15 is 0 Å². The molecule has 0 unspecified atom stereocenters. The Labute approximate surface area is 155 Å². The number of nitro benzene ring substituents is 1. The van der Waals surface area contributed by atoms with E-state index in [1.807, 2.05) is 18.2 Å². The van der Waals surface area contributed by atoms with Crippen LogP contribution in [0.25, 0.3) is 0 Å². The highest BCUT2D eigenvalue weighted by Gasteiger charge is 2.15. The molecular weight excluding hydrogens is 356 g/mol. The Morgan fingerprint density at radius 3 is 2.73 bits per heavy atom. The molecule has 1 aliphatic rings. The summed E-state index contributed by atoms with van der Waals surface area (Å²) in [5.41, 5.74) is 0.744. The molecule has 1 amide bonds. The van der Waals surface area contributed by atoms with Crippen LogP contribution in [0.2, 0.25) is 0 Å². The maximum atomic E-state index is 12.3. The first-order chi connectivity index (χ1) is 12.5. The first-order valence-corrected chi connectivity index (χ1v) is 9.01. The number of carbonyl (C=O) groups excluding carboxylic acids is 1. The first kappa shape index (κ1) is 18.1. The van der Waals surface area contributed by atoms with Crippen molar-refractivity contribution in [3.63, 3.8) is 0 Å². The molecule has 0 N–H and O–H groups in total. The third-order valence-electron chi connectivity index (χ3n) is 3.84. The van der Waals surface area contributed by atoms with Gasteiger partial charge >= 0.3 is 0 Å². The fraction of sp³-hybridized carbons (Fsp3) is 0.278. The zero-order valence-electron chi connectivity index (χ0n) is 14.2. The summed E-state index contributed by atoms with van der Waals surface area (Å²) in [4.78, 5) is 25.2. The highest BCUT2D eigenvalue weighted by Crippen LogP contribution is 2.34. The van der Waals surface area contributed by atoms with E-state index in [0.29, 0.717) is 25.5 Å². The molecule has 1 heterocycles. The number of hydrogen-bond acceptors (Lipinski definition) is 6. The molecule has 26 heavy (non-hydrogen) atoms. The minimum Gasteiger partial charge on any atom is -0.486 e. The number of thioether (sulfide) groups is 1. The highest BCUT2D eigenvalue weighted by molar-refractivity contribution is 8.00. The van der Waals surface area contributed by atoms with Crippen molar-refractivity contribution in [1.29, 1.82) is 0 Å². The lowest BCUT2D eigenvalue weighted by atomic mass is 10.2. The van der Waals surface area contributed by atoms with E-state index in [4.69, 9.17) is 9.47 Å². The summed E-state index contributed by atoms with van der Waals surface area (Å²) in [6.07, 6.45) is 0. The smallest absolute Gasteiger partial charge is 0.269 e. The van der Waals surface area contributed by atoms with E-state index < -0.39 is 4.92 Å². The second kappa shape index (κ2) is 8.09. The summed E-state index contributed by atoms with van der Waals surface area (Å²) >= 11 is 1.41. The van der Waals surface area contributed by atoms with Crippen molar-refractivity contribution in [3.05, 3.63) is 58.1 Å². The molecule has 0 aliphatic carbocycles. The maximum Gasteiger partial charge on any atom is 0.269 e. The van der Waals surface area contributed by atoms with Crippen molar-refractivity contribution in [2.45, 2.75) is 11.4 Å². The topological polar surface area (TPSA) is 81.9 Å². The van der Waals surface area contributed by atoms with Crippen molar-refractivity contribution in [3.8, 4) is 11.5 Å². The van der Waals surface area contributed by atoms with Crippen LogP contribution in [-0.4, -0.2) is 41.7 Å². The van der Waals surface area contributed by atoms with Gasteiger partial charge in [-0.3, -0.25) is 14.9 Å². The minimum absolute atomic E-state index is 0.0222. The van der Waals surface area contributed by atoms with Gasteiger partial charge in [0.2, 0.25) is 5.91 Å². The number of fused-ring (bicyclic) bond motifs is 1. The van der Waals surface area contributed by atoms with Gasteiger partial charge in [-0.25, -0.2) is 0 Å². The van der Waals surface area contributed by atoms with E-state index in [1.165, 1.54) is 23.9 Å². The normalized spacial score (nSPS) is 12.5. The molecule has 0 saturated heterocycles. The number of carbonyl (C=O) groups is 1. The monoisotopic (exact) mass is 374 g/mol. The van der Waals surface area contributed by atoms with Crippen molar-refractivity contribution in [2.75, 3.05) is 26.0 Å². The Balaban J connectivity index is 1.56. The SMILES string of the molecule is CN(Cc1cccc([N+](=O)[O-])c1)C(=O)CSc1ccc2c(c1)OCCO2. The largest absolute Gasteiger partial charge is 0.486 e. The molecular formula is C18H18N2O5S. The van der Waals surface area contributed by atoms with Gasteiger partial charge in [0, 0.05) is 30.6 Å². The van der Waals surface area contributed by atoms with Crippen LogP contribution >= 0.6 is 11.8 Å². The molecule has 136 valence electrons. The second-order valence-corrected chi connectivity index (χ2v) is 6.82. The molecule has 2 aromatic rings. The summed E-state index contributed by atoms with van der Waals surface area (Å²) < 4.78 is 11.0. The van der Waals surface area contributed by atoms with Crippen LogP contribution in [0.3, 0.4) is 0 Å². The molecule has 0 radical (unpaired) electrons. The number of rotatable bonds is 6. The molecule has 0 atom stereocenters. The minimum atomic E-state index is -0.441. The Bertz CT molecular complexity index is 827. The Hall–Kier alpha value is -2.74. The van der Waals surface area contributed by atoms with Gasteiger partial charge in [0.15, 0.2) is 11.5 Å². The molecule has 0 spiro atoms. The van der Waals surface area contributed by atoms with E-state index in [0.717, 1.165) is 16.2 Å². The Kier molecular flexibility index (Phi) is 5.62. The molecule has 1 aliphatic heterocycles. The third-order valence-corrected chi connectivity index (χ3v) is 4.82. The van der Waals surface area contributed by atoms with E-state index in [-0.39, 0.29) is 17.3 Å². The Morgan fingerprint density at radius 1 is 1.19 bits per heavy atom. The number of non-ortho nitro benzene ring substituents is 1.